The van der Waals surface area contributed by atoms with Gasteiger partial charge in [-0.15, -0.1) is 0 Å². The van der Waals surface area contributed by atoms with Gasteiger partial charge in [0.15, 0.2) is 6.29 Å². The van der Waals surface area contributed by atoms with Gasteiger partial charge in [0, 0.05) is 6.42 Å². The Morgan fingerprint density at radius 1 is 0.500 bits per heavy atom. The number of amides is 1. The first-order chi connectivity index (χ1) is 34.3. The van der Waals surface area contributed by atoms with Crippen LogP contribution in [0.3, 0.4) is 0 Å². The van der Waals surface area contributed by atoms with Crippen molar-refractivity contribution in [2.24, 2.45) is 0 Å². The van der Waals surface area contributed by atoms with E-state index >= 15 is 0 Å². The Balaban J connectivity index is 2.12. The van der Waals surface area contributed by atoms with Gasteiger partial charge in [-0.2, -0.15) is 0 Å². The van der Waals surface area contributed by atoms with E-state index in [1.54, 1.807) is 0 Å². The Labute approximate surface area is 429 Å². The van der Waals surface area contributed by atoms with Crippen molar-refractivity contribution < 1.29 is 39.8 Å². The zero-order valence-corrected chi connectivity index (χ0v) is 44.7. The van der Waals surface area contributed by atoms with Crippen LogP contribution in [-0.4, -0.2) is 87.5 Å². The molecule has 0 aliphatic carbocycles. The van der Waals surface area contributed by atoms with E-state index in [4.69, 9.17) is 9.47 Å². The lowest BCUT2D eigenvalue weighted by Crippen LogP contribution is -2.60. The molecule has 1 heterocycles. The predicted molar refractivity (Wildman–Crippen MR) is 295 cm³/mol. The summed E-state index contributed by atoms with van der Waals surface area (Å²) in [6.45, 7) is 3.71. The molecule has 1 rings (SSSR count). The molecule has 9 nitrogen and oxygen atoms in total. The highest BCUT2D eigenvalue weighted by molar-refractivity contribution is 5.76. The Morgan fingerprint density at radius 2 is 0.886 bits per heavy atom. The number of aliphatic hydroxyl groups is 5. The smallest absolute Gasteiger partial charge is 0.220 e. The molecule has 1 fully saturated rings. The predicted octanol–water partition coefficient (Wildman–Crippen LogP) is 14.2. The van der Waals surface area contributed by atoms with Gasteiger partial charge in [0.2, 0.25) is 5.91 Å². The first-order valence-electron chi connectivity index (χ1n) is 28.8. The first kappa shape index (κ1) is 65.4. The number of hydrogen-bond donors (Lipinski definition) is 6. The van der Waals surface area contributed by atoms with Gasteiger partial charge in [0.25, 0.3) is 0 Å². The third-order valence-electron chi connectivity index (χ3n) is 13.3. The van der Waals surface area contributed by atoms with Crippen LogP contribution in [-0.2, 0) is 14.3 Å². The summed E-state index contributed by atoms with van der Waals surface area (Å²) in [5.74, 6) is -0.149. The molecule has 7 atom stereocenters. The fourth-order valence-corrected chi connectivity index (χ4v) is 8.73. The van der Waals surface area contributed by atoms with Crippen LogP contribution in [0.4, 0.5) is 0 Å². The Bertz CT molecular complexity index is 1370. The van der Waals surface area contributed by atoms with Gasteiger partial charge in [-0.3, -0.25) is 4.79 Å². The lowest BCUT2D eigenvalue weighted by molar-refractivity contribution is -0.302. The van der Waals surface area contributed by atoms with Crippen molar-refractivity contribution in [3.8, 4) is 0 Å². The molecule has 1 aliphatic rings. The largest absolute Gasteiger partial charge is 0.394 e. The number of hydrogen-bond acceptors (Lipinski definition) is 8. The van der Waals surface area contributed by atoms with Crippen molar-refractivity contribution in [1.29, 1.82) is 0 Å². The second kappa shape index (κ2) is 49.9. The van der Waals surface area contributed by atoms with Crippen molar-refractivity contribution >= 4 is 5.91 Å². The fraction of sp³-hybridized carbons (Fsp3) is 0.754. The second-order valence-electron chi connectivity index (χ2n) is 19.7. The van der Waals surface area contributed by atoms with E-state index in [-0.39, 0.29) is 12.5 Å². The molecule has 0 bridgehead atoms. The number of allylic oxidation sites excluding steroid dienone is 14. The van der Waals surface area contributed by atoms with E-state index in [1.165, 1.54) is 128 Å². The van der Waals surface area contributed by atoms with Gasteiger partial charge in [-0.25, -0.2) is 0 Å². The average Bonchev–Trinajstić information content (AvgIpc) is 3.36. The maximum Gasteiger partial charge on any atom is 0.220 e. The Hall–Kier alpha value is -2.63. The zero-order chi connectivity index (χ0) is 50.8. The van der Waals surface area contributed by atoms with E-state index in [2.05, 4.69) is 104 Å². The van der Waals surface area contributed by atoms with Crippen LogP contribution in [0.5, 0.6) is 0 Å². The second-order valence-corrected chi connectivity index (χ2v) is 19.7. The van der Waals surface area contributed by atoms with Crippen LogP contribution in [0.15, 0.2) is 85.1 Å². The number of carbonyl (C=O) groups is 1. The molecule has 404 valence electrons. The van der Waals surface area contributed by atoms with Gasteiger partial charge >= 0.3 is 0 Å². The molecule has 0 radical (unpaired) electrons. The zero-order valence-electron chi connectivity index (χ0n) is 44.7. The molecule has 1 amide bonds. The fourth-order valence-electron chi connectivity index (χ4n) is 8.73. The van der Waals surface area contributed by atoms with Crippen LogP contribution >= 0.6 is 0 Å². The minimum atomic E-state index is -1.56. The molecule has 1 saturated heterocycles. The molecular formula is C61H107NO8. The number of nitrogens with one attached hydrogen (secondary N) is 1. The van der Waals surface area contributed by atoms with E-state index < -0.39 is 49.5 Å². The standard InChI is InChI=1S/C61H107NO8/c1-3-5-7-9-11-13-15-17-18-19-20-21-22-23-24-25-26-27-28-29-30-31-32-33-34-35-36-37-38-39-41-43-45-47-49-51-57(65)62-54(53-69-61-60(68)59(67)58(66)56(52-63)70-61)55(64)50-48-46-44-42-40-16-14-12-10-8-6-4-2/h5,7,11,13,17-18,20-21,23-24,26-27,29-30,54-56,58-61,63-64,66-68H,3-4,6,8-10,12,14-16,19,22,25,28,31-53H2,1-2H3,(H,62,65)/b7-5-,13-11-,18-17-,21-20-,24-23-,27-26-,30-29-. The van der Waals surface area contributed by atoms with Crippen molar-refractivity contribution in [3.05, 3.63) is 85.1 Å². The van der Waals surface area contributed by atoms with Gasteiger partial charge in [0.05, 0.1) is 25.4 Å². The lowest BCUT2D eigenvalue weighted by atomic mass is 9.99. The molecule has 0 aromatic heterocycles. The van der Waals surface area contributed by atoms with E-state index in [9.17, 15) is 30.3 Å². The quantitative estimate of drug-likeness (QED) is 0.0261. The van der Waals surface area contributed by atoms with Gasteiger partial charge in [-0.05, 0) is 70.6 Å². The van der Waals surface area contributed by atoms with Crippen LogP contribution < -0.4 is 5.32 Å². The Morgan fingerprint density at radius 3 is 1.31 bits per heavy atom. The summed E-state index contributed by atoms with van der Waals surface area (Å²) in [5.41, 5.74) is 0. The van der Waals surface area contributed by atoms with E-state index in [0.717, 1.165) is 83.5 Å². The molecule has 1 aliphatic heterocycles. The molecule has 9 heteroatoms. The molecule has 7 unspecified atom stereocenters. The molecular weight excluding hydrogens is 875 g/mol. The maximum atomic E-state index is 13.0. The number of aliphatic hydroxyl groups excluding tert-OH is 5. The summed E-state index contributed by atoms with van der Waals surface area (Å²) in [5, 5.41) is 54.5. The molecule has 0 saturated carbocycles. The van der Waals surface area contributed by atoms with Crippen LogP contribution in [0.2, 0.25) is 0 Å². The third kappa shape index (κ3) is 39.0. The van der Waals surface area contributed by atoms with Gasteiger partial charge in [0.1, 0.15) is 24.4 Å². The lowest BCUT2D eigenvalue weighted by Gasteiger charge is -2.40. The Kier molecular flexibility index (Phi) is 46.6. The third-order valence-corrected chi connectivity index (χ3v) is 13.3. The number of ether oxygens (including phenoxy) is 2. The van der Waals surface area contributed by atoms with Crippen molar-refractivity contribution in [2.75, 3.05) is 13.2 Å². The highest BCUT2D eigenvalue weighted by atomic mass is 16.7. The summed E-state index contributed by atoms with van der Waals surface area (Å²) in [4.78, 5) is 13.0. The van der Waals surface area contributed by atoms with Crippen molar-refractivity contribution in [3.63, 3.8) is 0 Å². The highest BCUT2D eigenvalue weighted by Gasteiger charge is 2.44. The summed E-state index contributed by atoms with van der Waals surface area (Å²) in [7, 11) is 0. The summed E-state index contributed by atoms with van der Waals surface area (Å²) >= 11 is 0. The normalized spacial score (nSPS) is 20.0. The summed E-state index contributed by atoms with van der Waals surface area (Å²) in [6.07, 6.45) is 63.3. The minimum Gasteiger partial charge on any atom is -0.394 e. The van der Waals surface area contributed by atoms with Crippen LogP contribution in [0.1, 0.15) is 239 Å². The number of unbranched alkanes of at least 4 members (excludes halogenated alkanes) is 24. The number of carbonyl (C=O) groups excluding carboxylic acids is 1. The number of rotatable bonds is 48. The highest BCUT2D eigenvalue weighted by Crippen LogP contribution is 2.23. The molecule has 6 N–H and O–H groups in total. The SMILES string of the molecule is CC/C=C\C/C=C\C/C=C\C/C=C\C/C=C\C/C=C\C/C=C\CCCCCCCCCCCCCCCC(=O)NC(COC1OC(CO)C(O)C(O)C1O)C(O)CCCCCCCCCCCCCC. The van der Waals surface area contributed by atoms with Crippen LogP contribution in [0.25, 0.3) is 0 Å². The van der Waals surface area contributed by atoms with Gasteiger partial charge in [-0.1, -0.05) is 247 Å². The molecule has 0 aromatic carbocycles. The van der Waals surface area contributed by atoms with E-state index in [1.807, 2.05) is 0 Å². The molecule has 0 spiro atoms. The maximum absolute atomic E-state index is 13.0. The van der Waals surface area contributed by atoms with Crippen LogP contribution in [0, 0.1) is 0 Å². The van der Waals surface area contributed by atoms with Crippen molar-refractivity contribution in [2.45, 2.75) is 281 Å². The first-order valence-corrected chi connectivity index (χ1v) is 28.8. The van der Waals surface area contributed by atoms with E-state index in [0.29, 0.717) is 12.8 Å². The topological polar surface area (TPSA) is 149 Å². The average molecular weight is 983 g/mol. The summed E-state index contributed by atoms with van der Waals surface area (Å²) < 4.78 is 11.3. The minimum absolute atomic E-state index is 0.141. The molecule has 70 heavy (non-hydrogen) atoms. The molecule has 0 aromatic rings. The summed E-state index contributed by atoms with van der Waals surface area (Å²) in [6, 6.07) is -0.722. The van der Waals surface area contributed by atoms with Crippen molar-refractivity contribution in [1.82, 2.24) is 5.32 Å². The monoisotopic (exact) mass is 982 g/mol. The van der Waals surface area contributed by atoms with Gasteiger partial charge < -0.3 is 40.3 Å².